The Morgan fingerprint density at radius 1 is 1.33 bits per heavy atom. The highest BCUT2D eigenvalue weighted by Gasteiger charge is 2.27. The largest absolute Gasteiger partial charge is 0.444 e. The summed E-state index contributed by atoms with van der Waals surface area (Å²) in [6.45, 7) is 3.40. The Kier molecular flexibility index (Phi) is 2.46. The number of benzene rings is 1. The first-order valence-corrected chi connectivity index (χ1v) is 4.81. The molecule has 1 heterocycles. The van der Waals surface area contributed by atoms with Gasteiger partial charge < -0.3 is 9.47 Å². The zero-order valence-corrected chi connectivity index (χ0v) is 8.69. The monoisotopic (exact) mass is 204 g/mol. The molecule has 3 nitrogen and oxygen atoms in total. The van der Waals surface area contributed by atoms with Crippen molar-refractivity contribution in [3.63, 3.8) is 0 Å². The first-order valence-electron chi connectivity index (χ1n) is 4.81. The van der Waals surface area contributed by atoms with Gasteiger partial charge in [-0.2, -0.15) is 0 Å². The van der Waals surface area contributed by atoms with Crippen LogP contribution in [0.4, 0.5) is 0 Å². The SMILES string of the molecule is C/C=C/c1ccc2c(c1)OC(C(C)=O)O2. The Hall–Kier alpha value is -1.77. The standard InChI is InChI=1S/C12H12O3/c1-3-4-9-5-6-10-11(7-9)15-12(14-10)8(2)13/h3-7,12H,1-2H3/b4-3+. The predicted molar refractivity (Wildman–Crippen MR) is 56.9 cm³/mol. The number of fused-ring (bicyclic) bond motifs is 1. The molecule has 0 radical (unpaired) electrons. The van der Waals surface area contributed by atoms with Gasteiger partial charge in [0.05, 0.1) is 0 Å². The second-order valence-electron chi connectivity index (χ2n) is 3.38. The number of hydrogen-bond acceptors (Lipinski definition) is 3. The Morgan fingerprint density at radius 3 is 2.73 bits per heavy atom. The number of hydrogen-bond donors (Lipinski definition) is 0. The highest BCUT2D eigenvalue weighted by molar-refractivity contribution is 5.80. The van der Waals surface area contributed by atoms with E-state index in [1.165, 1.54) is 6.92 Å². The van der Waals surface area contributed by atoms with E-state index in [4.69, 9.17) is 9.47 Å². The quantitative estimate of drug-likeness (QED) is 0.742. The van der Waals surface area contributed by atoms with Crippen molar-refractivity contribution in [2.45, 2.75) is 20.1 Å². The molecule has 0 amide bonds. The van der Waals surface area contributed by atoms with Crippen molar-refractivity contribution < 1.29 is 14.3 Å². The third kappa shape index (κ3) is 1.86. The minimum absolute atomic E-state index is 0.126. The van der Waals surface area contributed by atoms with Crippen LogP contribution in [0.15, 0.2) is 24.3 Å². The lowest BCUT2D eigenvalue weighted by atomic mass is 10.2. The summed E-state index contributed by atoms with van der Waals surface area (Å²) in [5.41, 5.74) is 1.03. The maximum Gasteiger partial charge on any atom is 0.300 e. The predicted octanol–water partition coefficient (Wildman–Crippen LogP) is 2.41. The minimum Gasteiger partial charge on any atom is -0.444 e. The molecule has 0 fully saturated rings. The van der Waals surface area contributed by atoms with Crippen LogP contribution in [0.2, 0.25) is 0 Å². The van der Waals surface area contributed by atoms with Crippen LogP contribution in [0.5, 0.6) is 11.5 Å². The van der Waals surface area contributed by atoms with Crippen molar-refractivity contribution in [1.82, 2.24) is 0 Å². The first kappa shape index (κ1) is 9.77. The molecule has 78 valence electrons. The summed E-state index contributed by atoms with van der Waals surface area (Å²) in [5, 5.41) is 0. The lowest BCUT2D eigenvalue weighted by molar-refractivity contribution is -0.132. The van der Waals surface area contributed by atoms with Gasteiger partial charge in [-0.1, -0.05) is 18.2 Å². The van der Waals surface area contributed by atoms with Gasteiger partial charge in [0.25, 0.3) is 0 Å². The van der Waals surface area contributed by atoms with Crippen LogP contribution in [0.25, 0.3) is 6.08 Å². The zero-order valence-electron chi connectivity index (χ0n) is 8.69. The second kappa shape index (κ2) is 3.77. The van der Waals surface area contributed by atoms with E-state index < -0.39 is 6.29 Å². The van der Waals surface area contributed by atoms with E-state index in [0.717, 1.165) is 5.56 Å². The second-order valence-corrected chi connectivity index (χ2v) is 3.38. The minimum atomic E-state index is -0.777. The summed E-state index contributed by atoms with van der Waals surface area (Å²) in [6.07, 6.45) is 3.13. The molecule has 0 saturated heterocycles. The lowest BCUT2D eigenvalue weighted by Gasteiger charge is -2.03. The topological polar surface area (TPSA) is 35.5 Å². The molecule has 1 atom stereocenters. The fourth-order valence-corrected chi connectivity index (χ4v) is 1.43. The molecule has 0 bridgehead atoms. The third-order valence-electron chi connectivity index (χ3n) is 2.13. The number of carbonyl (C=O) groups is 1. The fourth-order valence-electron chi connectivity index (χ4n) is 1.43. The van der Waals surface area contributed by atoms with Crippen LogP contribution < -0.4 is 9.47 Å². The van der Waals surface area contributed by atoms with Gasteiger partial charge in [-0.25, -0.2) is 0 Å². The molecule has 1 aromatic carbocycles. The van der Waals surface area contributed by atoms with Gasteiger partial charge in [-0.05, 0) is 24.6 Å². The van der Waals surface area contributed by atoms with E-state index in [9.17, 15) is 4.79 Å². The number of ether oxygens (including phenoxy) is 2. The normalized spacial score (nSPS) is 18.4. The van der Waals surface area contributed by atoms with Crippen molar-refractivity contribution in [3.05, 3.63) is 29.8 Å². The molecule has 3 heteroatoms. The van der Waals surface area contributed by atoms with Gasteiger partial charge in [0.2, 0.25) is 5.78 Å². The molecule has 15 heavy (non-hydrogen) atoms. The molecule has 1 aliphatic rings. The maximum atomic E-state index is 11.1. The number of Topliss-reactive ketones (excluding diaryl/α,β-unsaturated/α-hetero) is 1. The number of carbonyl (C=O) groups excluding carboxylic acids is 1. The third-order valence-corrected chi connectivity index (χ3v) is 2.13. The van der Waals surface area contributed by atoms with E-state index in [-0.39, 0.29) is 5.78 Å². The van der Waals surface area contributed by atoms with Crippen LogP contribution in [-0.4, -0.2) is 12.1 Å². The summed E-state index contributed by atoms with van der Waals surface area (Å²) >= 11 is 0. The van der Waals surface area contributed by atoms with E-state index in [0.29, 0.717) is 11.5 Å². The molecule has 1 unspecified atom stereocenters. The van der Waals surface area contributed by atoms with Crippen LogP contribution >= 0.6 is 0 Å². The van der Waals surface area contributed by atoms with Gasteiger partial charge in [-0.15, -0.1) is 0 Å². The van der Waals surface area contributed by atoms with E-state index in [2.05, 4.69) is 0 Å². The summed E-state index contributed by atoms with van der Waals surface area (Å²) in [6, 6.07) is 5.59. The van der Waals surface area contributed by atoms with Crippen molar-refractivity contribution in [3.8, 4) is 11.5 Å². The highest BCUT2D eigenvalue weighted by atomic mass is 16.7. The van der Waals surface area contributed by atoms with Crippen molar-refractivity contribution >= 4 is 11.9 Å². The molecule has 0 aliphatic carbocycles. The molecule has 2 rings (SSSR count). The van der Waals surface area contributed by atoms with E-state index in [1.54, 1.807) is 0 Å². The van der Waals surface area contributed by atoms with Crippen LogP contribution in [0.3, 0.4) is 0 Å². The Labute approximate surface area is 88.3 Å². The van der Waals surface area contributed by atoms with Gasteiger partial charge >= 0.3 is 6.29 Å². The summed E-state index contributed by atoms with van der Waals surface area (Å²) < 4.78 is 10.7. The summed E-state index contributed by atoms with van der Waals surface area (Å²) in [7, 11) is 0. The van der Waals surface area contributed by atoms with E-state index >= 15 is 0 Å². The molecular formula is C12H12O3. The van der Waals surface area contributed by atoms with Crippen LogP contribution in [0, 0.1) is 0 Å². The molecule has 0 aromatic heterocycles. The Balaban J connectivity index is 2.27. The molecule has 1 aromatic rings. The van der Waals surface area contributed by atoms with Gasteiger partial charge in [-0.3, -0.25) is 4.79 Å². The smallest absolute Gasteiger partial charge is 0.300 e. The van der Waals surface area contributed by atoms with E-state index in [1.807, 2.05) is 37.3 Å². The van der Waals surface area contributed by atoms with Gasteiger partial charge in [0.1, 0.15) is 0 Å². The van der Waals surface area contributed by atoms with Gasteiger partial charge in [0, 0.05) is 6.92 Å². The summed E-state index contributed by atoms with van der Waals surface area (Å²) in [5.74, 6) is 1.13. The zero-order chi connectivity index (χ0) is 10.8. The number of rotatable bonds is 2. The Morgan fingerprint density at radius 2 is 2.07 bits per heavy atom. The summed E-state index contributed by atoms with van der Waals surface area (Å²) in [4.78, 5) is 11.1. The maximum absolute atomic E-state index is 11.1. The van der Waals surface area contributed by atoms with Crippen LogP contribution in [-0.2, 0) is 4.79 Å². The fraction of sp³-hybridized carbons (Fsp3) is 0.250. The Bertz CT molecular complexity index is 421. The van der Waals surface area contributed by atoms with Crippen molar-refractivity contribution in [2.24, 2.45) is 0 Å². The lowest BCUT2D eigenvalue weighted by Crippen LogP contribution is -2.26. The number of ketones is 1. The van der Waals surface area contributed by atoms with Crippen molar-refractivity contribution in [1.29, 1.82) is 0 Å². The molecular weight excluding hydrogens is 192 g/mol. The average molecular weight is 204 g/mol. The molecule has 0 spiro atoms. The number of allylic oxidation sites excluding steroid dienone is 1. The molecule has 1 aliphatic heterocycles. The first-order chi connectivity index (χ1) is 7.20. The average Bonchev–Trinajstić information content (AvgIpc) is 2.61. The van der Waals surface area contributed by atoms with Crippen LogP contribution in [0.1, 0.15) is 19.4 Å². The molecule has 0 N–H and O–H groups in total. The molecule has 0 saturated carbocycles. The van der Waals surface area contributed by atoms with Gasteiger partial charge in [0.15, 0.2) is 11.5 Å². The van der Waals surface area contributed by atoms with Crippen molar-refractivity contribution in [2.75, 3.05) is 0 Å². The highest BCUT2D eigenvalue weighted by Crippen LogP contribution is 2.35.